The number of hydrogen-bond donors (Lipinski definition) is 1. The van der Waals surface area contributed by atoms with Gasteiger partial charge in [-0.25, -0.2) is 4.39 Å². The molecule has 0 saturated heterocycles. The Bertz CT molecular complexity index is 1090. The first-order valence-electron chi connectivity index (χ1n) is 11.4. The molecule has 2 aromatic carbocycles. The van der Waals surface area contributed by atoms with Crippen molar-refractivity contribution in [1.82, 2.24) is 5.32 Å². The summed E-state index contributed by atoms with van der Waals surface area (Å²) in [5, 5.41) is 5.11. The van der Waals surface area contributed by atoms with E-state index >= 15 is 0 Å². The predicted molar refractivity (Wildman–Crippen MR) is 131 cm³/mol. The van der Waals surface area contributed by atoms with Crippen LogP contribution in [0.4, 0.5) is 10.1 Å². The third kappa shape index (κ3) is 5.33. The van der Waals surface area contributed by atoms with Gasteiger partial charge in [0.15, 0.2) is 0 Å². The average molecular weight is 465 g/mol. The second kappa shape index (κ2) is 10.3. The molecule has 1 atom stereocenters. The van der Waals surface area contributed by atoms with Crippen molar-refractivity contribution in [3.8, 4) is 0 Å². The van der Waals surface area contributed by atoms with Crippen molar-refractivity contribution in [1.29, 1.82) is 0 Å². The van der Waals surface area contributed by atoms with Gasteiger partial charge in [0.05, 0.1) is 12.1 Å². The number of thiophene rings is 1. The second-order valence-corrected chi connectivity index (χ2v) is 9.74. The largest absolute Gasteiger partial charge is 0.351 e. The highest BCUT2D eigenvalue weighted by atomic mass is 32.1. The van der Waals surface area contributed by atoms with Crippen molar-refractivity contribution in [3.05, 3.63) is 87.4 Å². The molecule has 0 spiro atoms. The van der Waals surface area contributed by atoms with Crippen LogP contribution in [0.2, 0.25) is 0 Å². The fraction of sp³-hybridized carbons (Fsp3) is 0.333. The number of aryl methyl sites for hydroxylation is 2. The number of benzene rings is 2. The van der Waals surface area contributed by atoms with Gasteiger partial charge in [-0.3, -0.25) is 14.5 Å². The Morgan fingerprint density at radius 1 is 1.03 bits per heavy atom. The van der Waals surface area contributed by atoms with E-state index in [-0.39, 0.29) is 30.1 Å². The van der Waals surface area contributed by atoms with Crippen LogP contribution < -0.4 is 10.2 Å². The molecule has 172 valence electrons. The first-order valence-corrected chi connectivity index (χ1v) is 12.3. The summed E-state index contributed by atoms with van der Waals surface area (Å²) < 4.78 is 13.8. The van der Waals surface area contributed by atoms with Gasteiger partial charge in [0.2, 0.25) is 11.8 Å². The lowest BCUT2D eigenvalue weighted by Crippen LogP contribution is -2.47. The first-order chi connectivity index (χ1) is 15.9. The maximum absolute atomic E-state index is 13.8. The summed E-state index contributed by atoms with van der Waals surface area (Å²) in [7, 11) is 0. The predicted octanol–water partition coefficient (Wildman–Crippen LogP) is 5.88. The fourth-order valence-electron chi connectivity index (χ4n) is 4.64. The van der Waals surface area contributed by atoms with E-state index in [9.17, 15) is 14.0 Å². The van der Waals surface area contributed by atoms with E-state index < -0.39 is 6.04 Å². The van der Waals surface area contributed by atoms with Gasteiger partial charge in [0.25, 0.3) is 0 Å². The molecule has 3 aromatic rings. The zero-order valence-corrected chi connectivity index (χ0v) is 19.8. The van der Waals surface area contributed by atoms with Gasteiger partial charge >= 0.3 is 0 Å². The molecule has 33 heavy (non-hydrogen) atoms. The van der Waals surface area contributed by atoms with E-state index in [0.717, 1.165) is 47.4 Å². The fourth-order valence-corrected chi connectivity index (χ4v) is 5.34. The van der Waals surface area contributed by atoms with Crippen molar-refractivity contribution < 1.29 is 14.0 Å². The molecule has 1 aromatic heterocycles. The summed E-state index contributed by atoms with van der Waals surface area (Å²) in [4.78, 5) is 30.1. The molecule has 6 heteroatoms. The second-order valence-electron chi connectivity index (χ2n) is 8.70. The van der Waals surface area contributed by atoms with Gasteiger partial charge in [-0.05, 0) is 67.0 Å². The topological polar surface area (TPSA) is 49.4 Å². The lowest BCUT2D eigenvalue weighted by atomic mass is 9.99. The van der Waals surface area contributed by atoms with E-state index in [4.69, 9.17) is 0 Å². The summed E-state index contributed by atoms with van der Waals surface area (Å²) in [5.74, 6) is -0.765. The van der Waals surface area contributed by atoms with Gasteiger partial charge in [-0.2, -0.15) is 0 Å². The van der Waals surface area contributed by atoms with E-state index in [0.29, 0.717) is 5.56 Å². The third-order valence-corrected chi connectivity index (χ3v) is 7.12. The van der Waals surface area contributed by atoms with Crippen molar-refractivity contribution >= 4 is 28.8 Å². The van der Waals surface area contributed by atoms with E-state index in [1.165, 1.54) is 23.5 Å². The third-order valence-electron chi connectivity index (χ3n) is 6.25. The van der Waals surface area contributed by atoms with Gasteiger partial charge in [-0.1, -0.05) is 49.2 Å². The number of amides is 2. The summed E-state index contributed by atoms with van der Waals surface area (Å²) in [6, 6.07) is 14.8. The van der Waals surface area contributed by atoms with E-state index in [2.05, 4.69) is 5.32 Å². The maximum Gasteiger partial charge on any atom is 0.248 e. The number of rotatable bonds is 7. The van der Waals surface area contributed by atoms with Crippen LogP contribution in [0.1, 0.15) is 53.3 Å². The average Bonchev–Trinajstić information content (AvgIpc) is 3.48. The number of halogens is 1. The molecule has 0 aliphatic heterocycles. The van der Waals surface area contributed by atoms with Crippen LogP contribution in [0.15, 0.2) is 60.0 Å². The standard InChI is InChI=1S/C27H29FN2O2S/c1-18-7-5-8-19(2)25(18)30(24(31)17-23-11-6-16-33-23)26(20-12-14-21(28)15-13-20)27(32)29-22-9-3-4-10-22/h5-8,11-16,22,26H,3-4,9-10,17H2,1-2H3,(H,29,32). The minimum absolute atomic E-state index is 0.104. The molecular weight excluding hydrogens is 435 g/mol. The zero-order chi connectivity index (χ0) is 23.4. The van der Waals surface area contributed by atoms with E-state index in [1.54, 1.807) is 17.0 Å². The Morgan fingerprint density at radius 2 is 1.70 bits per heavy atom. The number of carbonyl (C=O) groups excluding carboxylic acids is 2. The molecule has 1 unspecified atom stereocenters. The van der Waals surface area contributed by atoms with Crippen LogP contribution in [0.3, 0.4) is 0 Å². The molecule has 1 heterocycles. The molecule has 1 fully saturated rings. The van der Waals surface area contributed by atoms with Gasteiger partial charge in [0.1, 0.15) is 11.9 Å². The SMILES string of the molecule is Cc1cccc(C)c1N(C(=O)Cc1cccs1)C(C(=O)NC1CCCC1)c1ccc(F)cc1. The maximum atomic E-state index is 13.8. The Hall–Kier alpha value is -2.99. The van der Waals surface area contributed by atoms with Crippen LogP contribution in [-0.2, 0) is 16.0 Å². The quantitative estimate of drug-likeness (QED) is 0.475. The number of carbonyl (C=O) groups is 2. The number of anilines is 1. The monoisotopic (exact) mass is 464 g/mol. The molecule has 4 rings (SSSR count). The highest BCUT2D eigenvalue weighted by Crippen LogP contribution is 2.34. The molecule has 2 amide bonds. The molecule has 1 N–H and O–H groups in total. The smallest absolute Gasteiger partial charge is 0.248 e. The molecule has 4 nitrogen and oxygen atoms in total. The Labute approximate surface area is 198 Å². The first kappa shape index (κ1) is 23.2. The lowest BCUT2D eigenvalue weighted by molar-refractivity contribution is -0.127. The van der Waals surface area contributed by atoms with Crippen molar-refractivity contribution in [2.45, 2.75) is 58.0 Å². The zero-order valence-electron chi connectivity index (χ0n) is 19.0. The summed E-state index contributed by atoms with van der Waals surface area (Å²) in [5.41, 5.74) is 3.15. The molecule has 1 aliphatic rings. The molecule has 0 radical (unpaired) electrons. The van der Waals surface area contributed by atoms with Crippen molar-refractivity contribution in [2.75, 3.05) is 4.90 Å². The number of para-hydroxylation sites is 1. The van der Waals surface area contributed by atoms with Crippen molar-refractivity contribution in [3.63, 3.8) is 0 Å². The van der Waals surface area contributed by atoms with Crippen LogP contribution >= 0.6 is 11.3 Å². The molecular formula is C27H29FN2O2S. The summed E-state index contributed by atoms with van der Waals surface area (Å²) >= 11 is 1.52. The van der Waals surface area contributed by atoms with Crippen LogP contribution in [-0.4, -0.2) is 17.9 Å². The van der Waals surface area contributed by atoms with Gasteiger partial charge in [-0.15, -0.1) is 11.3 Å². The van der Waals surface area contributed by atoms with Crippen molar-refractivity contribution in [2.24, 2.45) is 0 Å². The molecule has 0 bridgehead atoms. The number of nitrogens with one attached hydrogen (secondary N) is 1. The minimum atomic E-state index is -0.890. The minimum Gasteiger partial charge on any atom is -0.351 e. The van der Waals surface area contributed by atoms with E-state index in [1.807, 2.05) is 49.6 Å². The normalized spacial score (nSPS) is 14.8. The highest BCUT2D eigenvalue weighted by molar-refractivity contribution is 7.10. The highest BCUT2D eigenvalue weighted by Gasteiger charge is 2.35. The lowest BCUT2D eigenvalue weighted by Gasteiger charge is -2.34. The molecule has 1 aliphatic carbocycles. The van der Waals surface area contributed by atoms with Gasteiger partial charge in [0, 0.05) is 10.9 Å². The number of hydrogen-bond acceptors (Lipinski definition) is 3. The summed E-state index contributed by atoms with van der Waals surface area (Å²) in [6.45, 7) is 3.90. The van der Waals surface area contributed by atoms with Gasteiger partial charge < -0.3 is 5.32 Å². The van der Waals surface area contributed by atoms with Crippen LogP contribution in [0.25, 0.3) is 0 Å². The Balaban J connectivity index is 1.81. The number of nitrogens with zero attached hydrogens (tertiary/aromatic N) is 1. The molecule has 1 saturated carbocycles. The summed E-state index contributed by atoms with van der Waals surface area (Å²) in [6.07, 6.45) is 4.25. The Kier molecular flexibility index (Phi) is 7.23. The van der Waals surface area contributed by atoms with Crippen LogP contribution in [0.5, 0.6) is 0 Å². The van der Waals surface area contributed by atoms with Crippen LogP contribution in [0, 0.1) is 19.7 Å². The Morgan fingerprint density at radius 3 is 2.30 bits per heavy atom.